The molecule has 0 saturated carbocycles. The van der Waals surface area contributed by atoms with Crippen LogP contribution in [0.1, 0.15) is 37.0 Å². The molecule has 1 aromatic carbocycles. The second kappa shape index (κ2) is 5.53. The molecular formula is C15H22NO2+. The number of hydrogen-bond donors (Lipinski definition) is 1. The van der Waals surface area contributed by atoms with Gasteiger partial charge in [-0.2, -0.15) is 0 Å². The molecular weight excluding hydrogens is 226 g/mol. The lowest BCUT2D eigenvalue weighted by Crippen LogP contribution is -2.86. The molecule has 0 radical (unpaired) electrons. The van der Waals surface area contributed by atoms with Gasteiger partial charge in [-0.3, -0.25) is 0 Å². The third kappa shape index (κ3) is 3.10. The summed E-state index contributed by atoms with van der Waals surface area (Å²) in [6, 6.07) is 9.22. The van der Waals surface area contributed by atoms with E-state index in [4.69, 9.17) is 4.74 Å². The van der Waals surface area contributed by atoms with Crippen LogP contribution in [0, 0.1) is 5.92 Å². The molecule has 1 saturated heterocycles. The average molecular weight is 248 g/mol. The average Bonchev–Trinajstić information content (AvgIpc) is 2.40. The number of quaternary nitrogens is 1. The molecule has 2 rings (SSSR count). The Kier molecular flexibility index (Phi) is 4.02. The summed E-state index contributed by atoms with van der Waals surface area (Å²) in [5.41, 5.74) is 0.259. The lowest BCUT2D eigenvalue weighted by molar-refractivity contribution is -0.665. The Labute approximate surface area is 109 Å². The van der Waals surface area contributed by atoms with Crippen LogP contribution in [0.5, 0.6) is 0 Å². The Bertz CT molecular complexity index is 394. The molecule has 1 aromatic rings. The molecule has 1 aliphatic heterocycles. The van der Waals surface area contributed by atoms with Crippen molar-refractivity contribution in [2.24, 2.45) is 5.92 Å². The van der Waals surface area contributed by atoms with Gasteiger partial charge in [0.1, 0.15) is 5.60 Å². The second-order valence-electron chi connectivity index (χ2n) is 5.50. The highest BCUT2D eigenvalue weighted by Gasteiger charge is 2.35. The van der Waals surface area contributed by atoms with Gasteiger partial charge in [0.25, 0.3) is 0 Å². The molecule has 1 aliphatic rings. The summed E-state index contributed by atoms with van der Waals surface area (Å²) in [6.07, 6.45) is 2.24. The predicted octanol–water partition coefficient (Wildman–Crippen LogP) is 1.60. The topological polar surface area (TPSA) is 42.9 Å². The van der Waals surface area contributed by atoms with E-state index >= 15 is 0 Å². The monoisotopic (exact) mass is 248 g/mol. The molecule has 0 unspecified atom stereocenters. The Morgan fingerprint density at radius 2 is 1.83 bits per heavy atom. The maximum Gasteiger partial charge on any atom is 0.338 e. The van der Waals surface area contributed by atoms with E-state index in [-0.39, 0.29) is 11.6 Å². The highest BCUT2D eigenvalue weighted by molar-refractivity contribution is 5.89. The third-order valence-corrected chi connectivity index (χ3v) is 3.79. The molecule has 3 heteroatoms. The molecule has 3 nitrogen and oxygen atoms in total. The zero-order valence-corrected chi connectivity index (χ0v) is 11.2. The molecule has 0 atom stereocenters. The van der Waals surface area contributed by atoms with E-state index in [2.05, 4.69) is 5.32 Å². The van der Waals surface area contributed by atoms with E-state index in [0.29, 0.717) is 11.5 Å². The first kappa shape index (κ1) is 13.1. The van der Waals surface area contributed by atoms with Gasteiger partial charge >= 0.3 is 5.97 Å². The normalized spacial score (nSPS) is 17.4. The largest absolute Gasteiger partial charge is 0.456 e. The smallest absolute Gasteiger partial charge is 0.338 e. The van der Waals surface area contributed by atoms with E-state index in [1.807, 2.05) is 32.0 Å². The lowest BCUT2D eigenvalue weighted by Gasteiger charge is -2.35. The fourth-order valence-electron chi connectivity index (χ4n) is 2.58. The molecule has 18 heavy (non-hydrogen) atoms. The Hall–Kier alpha value is -1.35. The van der Waals surface area contributed by atoms with E-state index in [1.165, 1.54) is 0 Å². The van der Waals surface area contributed by atoms with E-state index < -0.39 is 0 Å². The van der Waals surface area contributed by atoms with E-state index in [1.54, 1.807) is 12.1 Å². The SMILES string of the molecule is CC(C)(OC(=O)c1ccccc1)C1CC[NH2+]CC1. The summed E-state index contributed by atoms with van der Waals surface area (Å²) < 4.78 is 5.71. The number of esters is 1. The van der Waals surface area contributed by atoms with Crippen LogP contribution in [0.15, 0.2) is 30.3 Å². The van der Waals surface area contributed by atoms with Crippen molar-refractivity contribution in [1.82, 2.24) is 0 Å². The van der Waals surface area contributed by atoms with Crippen molar-refractivity contribution in [3.05, 3.63) is 35.9 Å². The Balaban J connectivity index is 2.01. The number of carbonyl (C=O) groups excluding carboxylic acids is 1. The molecule has 98 valence electrons. The number of carbonyl (C=O) groups is 1. The van der Waals surface area contributed by atoms with Crippen molar-refractivity contribution >= 4 is 5.97 Å². The molecule has 0 aromatic heterocycles. The maximum absolute atomic E-state index is 12.1. The first-order chi connectivity index (χ1) is 8.59. The van der Waals surface area contributed by atoms with Crippen molar-refractivity contribution in [3.63, 3.8) is 0 Å². The quantitative estimate of drug-likeness (QED) is 0.826. The minimum absolute atomic E-state index is 0.213. The van der Waals surface area contributed by atoms with Crippen LogP contribution in [-0.2, 0) is 4.74 Å². The van der Waals surface area contributed by atoms with Crippen LogP contribution in [0.3, 0.4) is 0 Å². The standard InChI is InChI=1S/C15H21NO2/c1-15(2,13-8-10-16-11-9-13)18-14(17)12-6-4-3-5-7-12/h3-7,13,16H,8-11H2,1-2H3/p+1. The van der Waals surface area contributed by atoms with Gasteiger partial charge in [-0.15, -0.1) is 0 Å². The van der Waals surface area contributed by atoms with Crippen molar-refractivity contribution < 1.29 is 14.8 Å². The van der Waals surface area contributed by atoms with Gasteiger partial charge in [-0.05, 0) is 26.0 Å². The number of ether oxygens (including phenoxy) is 1. The zero-order chi connectivity index (χ0) is 13.0. The Morgan fingerprint density at radius 1 is 1.22 bits per heavy atom. The number of benzene rings is 1. The van der Waals surface area contributed by atoms with Gasteiger partial charge in [0, 0.05) is 18.8 Å². The van der Waals surface area contributed by atoms with Gasteiger partial charge in [0.2, 0.25) is 0 Å². The van der Waals surface area contributed by atoms with Crippen LogP contribution in [0.25, 0.3) is 0 Å². The van der Waals surface area contributed by atoms with Crippen LogP contribution in [0.2, 0.25) is 0 Å². The molecule has 0 aliphatic carbocycles. The molecule has 1 heterocycles. The first-order valence-corrected chi connectivity index (χ1v) is 6.69. The fraction of sp³-hybridized carbons (Fsp3) is 0.533. The van der Waals surface area contributed by atoms with Crippen LogP contribution in [-0.4, -0.2) is 24.7 Å². The zero-order valence-electron chi connectivity index (χ0n) is 11.2. The summed E-state index contributed by atoms with van der Waals surface area (Å²) >= 11 is 0. The summed E-state index contributed by atoms with van der Waals surface area (Å²) in [6.45, 7) is 6.33. The summed E-state index contributed by atoms with van der Waals surface area (Å²) in [5, 5.41) is 2.32. The molecule has 1 fully saturated rings. The highest BCUT2D eigenvalue weighted by Crippen LogP contribution is 2.28. The van der Waals surface area contributed by atoms with Crippen LogP contribution in [0.4, 0.5) is 0 Å². The highest BCUT2D eigenvalue weighted by atomic mass is 16.6. The number of piperidine rings is 1. The minimum Gasteiger partial charge on any atom is -0.456 e. The third-order valence-electron chi connectivity index (χ3n) is 3.79. The molecule has 0 spiro atoms. The van der Waals surface area contributed by atoms with E-state index in [0.717, 1.165) is 25.9 Å². The summed E-state index contributed by atoms with van der Waals surface area (Å²) in [7, 11) is 0. The van der Waals surface area contributed by atoms with Crippen molar-refractivity contribution in [3.8, 4) is 0 Å². The van der Waals surface area contributed by atoms with Gasteiger partial charge in [-0.25, -0.2) is 4.79 Å². The van der Waals surface area contributed by atoms with Gasteiger partial charge in [-0.1, -0.05) is 18.2 Å². The predicted molar refractivity (Wildman–Crippen MR) is 70.3 cm³/mol. The molecule has 2 N–H and O–H groups in total. The fourth-order valence-corrected chi connectivity index (χ4v) is 2.58. The minimum atomic E-state index is -0.374. The summed E-state index contributed by atoms with van der Waals surface area (Å²) in [5.74, 6) is 0.255. The van der Waals surface area contributed by atoms with Crippen molar-refractivity contribution in [1.29, 1.82) is 0 Å². The first-order valence-electron chi connectivity index (χ1n) is 6.69. The Morgan fingerprint density at radius 3 is 2.44 bits per heavy atom. The van der Waals surface area contributed by atoms with Crippen molar-refractivity contribution in [2.45, 2.75) is 32.3 Å². The van der Waals surface area contributed by atoms with Gasteiger partial charge in [0.15, 0.2) is 0 Å². The molecule has 0 bridgehead atoms. The van der Waals surface area contributed by atoms with Gasteiger partial charge < -0.3 is 10.1 Å². The molecule has 0 amide bonds. The lowest BCUT2D eigenvalue weighted by atomic mass is 9.83. The van der Waals surface area contributed by atoms with Crippen molar-refractivity contribution in [2.75, 3.05) is 13.1 Å². The maximum atomic E-state index is 12.1. The number of hydrogen-bond acceptors (Lipinski definition) is 2. The van der Waals surface area contributed by atoms with Crippen LogP contribution < -0.4 is 5.32 Å². The van der Waals surface area contributed by atoms with E-state index in [9.17, 15) is 4.79 Å². The van der Waals surface area contributed by atoms with Crippen LogP contribution >= 0.6 is 0 Å². The number of nitrogens with two attached hydrogens (primary N) is 1. The number of rotatable bonds is 3. The summed E-state index contributed by atoms with van der Waals surface area (Å²) in [4.78, 5) is 12.1. The second-order valence-corrected chi connectivity index (χ2v) is 5.50. The van der Waals surface area contributed by atoms with Gasteiger partial charge in [0.05, 0.1) is 18.7 Å².